The second-order valence-electron chi connectivity index (χ2n) is 9.62. The van der Waals surface area contributed by atoms with Crippen molar-refractivity contribution in [2.75, 3.05) is 41.1 Å². The molecule has 1 atom stereocenters. The van der Waals surface area contributed by atoms with Crippen LogP contribution in [0.25, 0.3) is 0 Å². The van der Waals surface area contributed by atoms with Gasteiger partial charge in [-0.25, -0.2) is 4.39 Å². The Bertz CT molecular complexity index is 1430. The van der Waals surface area contributed by atoms with E-state index in [-0.39, 0.29) is 17.7 Å². The van der Waals surface area contributed by atoms with Gasteiger partial charge in [-0.2, -0.15) is 0 Å². The third kappa shape index (κ3) is 6.32. The summed E-state index contributed by atoms with van der Waals surface area (Å²) in [6.07, 6.45) is 5.16. The van der Waals surface area contributed by atoms with Crippen LogP contribution in [0.3, 0.4) is 0 Å². The maximum atomic E-state index is 14.4. The molecule has 2 heterocycles. The Hall–Kier alpha value is -4.47. The van der Waals surface area contributed by atoms with E-state index in [0.29, 0.717) is 71.8 Å². The molecule has 2 aliphatic heterocycles. The Labute approximate surface area is 238 Å². The topological polar surface area (TPSA) is 88.1 Å². The number of carbonyl (C=O) groups is 1. The van der Waals surface area contributed by atoms with Gasteiger partial charge in [-0.3, -0.25) is 9.79 Å². The van der Waals surface area contributed by atoms with E-state index in [1.54, 1.807) is 43.5 Å². The van der Waals surface area contributed by atoms with Gasteiger partial charge in [0.2, 0.25) is 0 Å². The summed E-state index contributed by atoms with van der Waals surface area (Å²) in [4.78, 5) is 19.5. The van der Waals surface area contributed by atoms with Gasteiger partial charge < -0.3 is 33.3 Å². The predicted octanol–water partition coefficient (Wildman–Crippen LogP) is 6.20. The molecule has 0 bridgehead atoms. The van der Waals surface area contributed by atoms with Gasteiger partial charge in [0, 0.05) is 31.0 Å². The van der Waals surface area contributed by atoms with Crippen LogP contribution in [0.15, 0.2) is 53.5 Å². The zero-order chi connectivity index (χ0) is 28.8. The molecule has 0 saturated carbocycles. The molecule has 216 valence electrons. The summed E-state index contributed by atoms with van der Waals surface area (Å²) in [5.41, 5.74) is 1.11. The van der Waals surface area contributed by atoms with Crippen molar-refractivity contribution in [3.8, 4) is 40.2 Å². The highest BCUT2D eigenvalue weighted by Gasteiger charge is 2.32. The lowest BCUT2D eigenvalue weighted by molar-refractivity contribution is 0.0774. The van der Waals surface area contributed by atoms with Gasteiger partial charge in [0.05, 0.1) is 51.8 Å². The number of benzene rings is 3. The first-order valence-corrected chi connectivity index (χ1v) is 13.5. The van der Waals surface area contributed by atoms with Crippen molar-refractivity contribution in [2.45, 2.75) is 31.7 Å². The molecule has 1 amide bonds. The highest BCUT2D eigenvalue weighted by molar-refractivity contribution is 6.03. The van der Waals surface area contributed by atoms with Crippen molar-refractivity contribution in [3.63, 3.8) is 0 Å². The molecule has 0 spiro atoms. The van der Waals surface area contributed by atoms with Gasteiger partial charge in [-0.05, 0) is 56.0 Å². The lowest BCUT2D eigenvalue weighted by Crippen LogP contribution is -2.35. The number of rotatable bonds is 12. The lowest BCUT2D eigenvalue weighted by atomic mass is 10.1. The van der Waals surface area contributed by atoms with Crippen LogP contribution in [0.5, 0.6) is 40.2 Å². The zero-order valence-electron chi connectivity index (χ0n) is 23.4. The summed E-state index contributed by atoms with van der Waals surface area (Å²) in [6.45, 7) is 1.56. The number of methoxy groups -OCH3 is 3. The summed E-state index contributed by atoms with van der Waals surface area (Å²) in [5, 5.41) is 0. The molecule has 10 heteroatoms. The lowest BCUT2D eigenvalue weighted by Gasteiger charge is -2.20. The molecule has 0 N–H and O–H groups in total. The maximum Gasteiger partial charge on any atom is 0.256 e. The minimum Gasteiger partial charge on any atom is -0.493 e. The minimum atomic E-state index is -0.512. The van der Waals surface area contributed by atoms with E-state index in [1.807, 2.05) is 11.1 Å². The van der Waals surface area contributed by atoms with E-state index < -0.39 is 5.82 Å². The van der Waals surface area contributed by atoms with Crippen LogP contribution in [0.4, 0.5) is 10.1 Å². The van der Waals surface area contributed by atoms with Gasteiger partial charge >= 0.3 is 0 Å². The van der Waals surface area contributed by atoms with Crippen molar-refractivity contribution >= 4 is 17.8 Å². The smallest absolute Gasteiger partial charge is 0.256 e. The van der Waals surface area contributed by atoms with Crippen LogP contribution in [-0.4, -0.2) is 64.2 Å². The first kappa shape index (κ1) is 28.1. The Morgan fingerprint density at radius 3 is 2.32 bits per heavy atom. The van der Waals surface area contributed by atoms with Crippen LogP contribution in [0, 0.1) is 5.82 Å². The number of ether oxygens (including phenoxy) is 6. The quantitative estimate of drug-likeness (QED) is 0.242. The van der Waals surface area contributed by atoms with Crippen LogP contribution in [0.2, 0.25) is 0 Å². The average molecular weight is 565 g/mol. The third-order valence-electron chi connectivity index (χ3n) is 7.01. The summed E-state index contributed by atoms with van der Waals surface area (Å²) in [7, 11) is 4.61. The van der Waals surface area contributed by atoms with E-state index in [2.05, 4.69) is 4.99 Å². The second kappa shape index (κ2) is 12.8. The molecule has 3 aromatic carbocycles. The van der Waals surface area contributed by atoms with Gasteiger partial charge in [0.15, 0.2) is 34.6 Å². The van der Waals surface area contributed by atoms with Gasteiger partial charge in [-0.1, -0.05) is 0 Å². The average Bonchev–Trinajstić information content (AvgIpc) is 3.43. The summed E-state index contributed by atoms with van der Waals surface area (Å²) >= 11 is 0. The van der Waals surface area contributed by atoms with Crippen molar-refractivity contribution in [1.29, 1.82) is 0 Å². The van der Waals surface area contributed by atoms with Crippen molar-refractivity contribution in [3.05, 3.63) is 59.9 Å². The Morgan fingerprint density at radius 2 is 1.54 bits per heavy atom. The summed E-state index contributed by atoms with van der Waals surface area (Å²) in [6, 6.07) is 12.9. The van der Waals surface area contributed by atoms with Crippen molar-refractivity contribution < 1.29 is 37.6 Å². The second-order valence-corrected chi connectivity index (χ2v) is 9.62. The molecule has 0 radical (unpaired) electrons. The fourth-order valence-electron chi connectivity index (χ4n) is 4.86. The first-order chi connectivity index (χ1) is 20.0. The van der Waals surface area contributed by atoms with E-state index in [9.17, 15) is 9.18 Å². The molecule has 0 unspecified atom stereocenters. The zero-order valence-corrected chi connectivity index (χ0v) is 23.4. The third-order valence-corrected chi connectivity index (χ3v) is 7.01. The van der Waals surface area contributed by atoms with E-state index in [0.717, 1.165) is 19.4 Å². The van der Waals surface area contributed by atoms with E-state index in [4.69, 9.17) is 28.4 Å². The fraction of sp³-hybridized carbons (Fsp3) is 0.355. The van der Waals surface area contributed by atoms with Gasteiger partial charge in [-0.15, -0.1) is 0 Å². The molecule has 1 fully saturated rings. The van der Waals surface area contributed by atoms with Crippen LogP contribution in [0.1, 0.15) is 36.0 Å². The number of unbranched alkanes of at least 4 members (excludes halogenated alkanes) is 1. The van der Waals surface area contributed by atoms with Crippen LogP contribution < -0.4 is 28.4 Å². The predicted molar refractivity (Wildman–Crippen MR) is 151 cm³/mol. The van der Waals surface area contributed by atoms with Crippen LogP contribution >= 0.6 is 0 Å². The summed E-state index contributed by atoms with van der Waals surface area (Å²) in [5.74, 6) is 2.44. The van der Waals surface area contributed by atoms with Gasteiger partial charge in [0.25, 0.3) is 5.91 Å². The molecule has 0 aliphatic carbocycles. The Morgan fingerprint density at radius 1 is 0.829 bits per heavy atom. The molecule has 41 heavy (non-hydrogen) atoms. The molecule has 2 aliphatic rings. The number of fused-ring (bicyclic) bond motifs is 2. The number of amides is 1. The van der Waals surface area contributed by atoms with E-state index in [1.165, 1.54) is 26.4 Å². The number of hydrogen-bond donors (Lipinski definition) is 0. The molecule has 1 saturated heterocycles. The normalized spacial score (nSPS) is 15.6. The van der Waals surface area contributed by atoms with E-state index >= 15 is 0 Å². The number of nitrogens with zero attached hydrogens (tertiary/aromatic N) is 2. The highest BCUT2D eigenvalue weighted by Crippen LogP contribution is 2.38. The Kier molecular flexibility index (Phi) is 8.76. The number of aliphatic imine (C=N–C) groups is 1. The van der Waals surface area contributed by atoms with Crippen molar-refractivity contribution in [2.24, 2.45) is 4.99 Å². The minimum absolute atomic E-state index is 0.0277. The molecular formula is C31H33FN2O7. The largest absolute Gasteiger partial charge is 0.493 e. The number of hydrogen-bond acceptors (Lipinski definition) is 8. The number of carbonyl (C=O) groups excluding carboxylic acids is 1. The fourth-order valence-corrected chi connectivity index (χ4v) is 4.86. The molecule has 9 nitrogen and oxygen atoms in total. The Balaban J connectivity index is 1.13. The monoisotopic (exact) mass is 564 g/mol. The molecule has 3 aromatic rings. The molecular weight excluding hydrogens is 531 g/mol. The van der Waals surface area contributed by atoms with Gasteiger partial charge in [0.1, 0.15) is 11.5 Å². The SMILES string of the molecule is COc1ccc(Oc2cc(OCCCCOc3cc4c(cc3OC)C(=O)N3CCC[C@H]3C=N4)ccc2F)cc1OC. The standard InChI is InChI=1S/C31H33FN2O7/c1-36-26-11-9-22(16-28(26)37-2)41-27-15-21(8-10-24(27)32)39-13-4-5-14-40-30-18-25-23(17-29(30)38-3)31(35)34-12-6-7-20(34)19-33-25/h8-11,15-20H,4-7,12-14H2,1-3H3/t20-/m0/s1. The van der Waals surface area contributed by atoms with Crippen molar-refractivity contribution in [1.82, 2.24) is 4.90 Å². The number of halogens is 1. The summed E-state index contributed by atoms with van der Waals surface area (Å²) < 4.78 is 48.0. The van der Waals surface area contributed by atoms with Crippen LogP contribution in [-0.2, 0) is 0 Å². The maximum absolute atomic E-state index is 14.4. The molecule has 5 rings (SSSR count). The highest BCUT2D eigenvalue weighted by atomic mass is 19.1. The molecule has 0 aromatic heterocycles. The first-order valence-electron chi connectivity index (χ1n) is 13.5.